The van der Waals surface area contributed by atoms with Gasteiger partial charge in [0.05, 0.1) is 6.04 Å². The number of hydrogen-bond donors (Lipinski definition) is 2. The quantitative estimate of drug-likeness (QED) is 0.457. The molecule has 2 aliphatic carbocycles. The van der Waals surface area contributed by atoms with E-state index in [1.165, 1.54) is 26.7 Å². The van der Waals surface area contributed by atoms with Crippen molar-refractivity contribution in [3.05, 3.63) is 67.6 Å². The zero-order valence-corrected chi connectivity index (χ0v) is 20.3. The van der Waals surface area contributed by atoms with Crippen LogP contribution in [0.2, 0.25) is 0 Å². The van der Waals surface area contributed by atoms with E-state index >= 15 is 0 Å². The summed E-state index contributed by atoms with van der Waals surface area (Å²) in [5.41, 5.74) is 10.6. The third-order valence-corrected chi connectivity index (χ3v) is 6.65. The SMILES string of the molecule is CC(C)(C)OC(=O)N[C@@H]1CCc2c(Br)cccc21.N[C@@H]1CCc2c(Br)cccc21. The number of nitrogens with one attached hydrogen (secondary N) is 1. The number of alkyl carbamates (subject to hydrolysis) is 1. The number of rotatable bonds is 1. The van der Waals surface area contributed by atoms with Crippen LogP contribution in [0.4, 0.5) is 4.79 Å². The molecule has 2 atom stereocenters. The number of carbonyl (C=O) groups is 1. The number of nitrogens with two attached hydrogens (primary N) is 1. The molecule has 4 nitrogen and oxygen atoms in total. The first-order valence-electron chi connectivity index (χ1n) is 9.95. The van der Waals surface area contributed by atoms with Crippen LogP contribution in [0, 0.1) is 0 Å². The van der Waals surface area contributed by atoms with E-state index in [9.17, 15) is 4.79 Å². The van der Waals surface area contributed by atoms with Crippen molar-refractivity contribution in [2.24, 2.45) is 5.73 Å². The molecule has 0 saturated carbocycles. The Balaban J connectivity index is 0.000000186. The highest BCUT2D eigenvalue weighted by molar-refractivity contribution is 9.10. The van der Waals surface area contributed by atoms with E-state index in [2.05, 4.69) is 55.4 Å². The number of benzene rings is 2. The molecule has 2 aromatic rings. The Morgan fingerprint density at radius 2 is 1.55 bits per heavy atom. The molecule has 0 heterocycles. The van der Waals surface area contributed by atoms with Crippen molar-refractivity contribution in [3.8, 4) is 0 Å². The van der Waals surface area contributed by atoms with Crippen LogP contribution < -0.4 is 11.1 Å². The molecule has 0 bridgehead atoms. The van der Waals surface area contributed by atoms with Crippen molar-refractivity contribution in [2.75, 3.05) is 0 Å². The number of ether oxygens (including phenoxy) is 1. The van der Waals surface area contributed by atoms with Gasteiger partial charge < -0.3 is 15.8 Å². The van der Waals surface area contributed by atoms with Gasteiger partial charge in [0.25, 0.3) is 0 Å². The van der Waals surface area contributed by atoms with E-state index in [4.69, 9.17) is 10.5 Å². The number of carbonyl (C=O) groups excluding carboxylic acids is 1. The van der Waals surface area contributed by atoms with Gasteiger partial charge in [-0.15, -0.1) is 0 Å². The summed E-state index contributed by atoms with van der Waals surface area (Å²) in [6, 6.07) is 12.7. The lowest BCUT2D eigenvalue weighted by atomic mass is 10.1. The van der Waals surface area contributed by atoms with Crippen molar-refractivity contribution < 1.29 is 9.53 Å². The number of fused-ring (bicyclic) bond motifs is 2. The summed E-state index contributed by atoms with van der Waals surface area (Å²) < 4.78 is 7.61. The van der Waals surface area contributed by atoms with Crippen molar-refractivity contribution in [2.45, 2.75) is 64.1 Å². The molecule has 0 fully saturated rings. The van der Waals surface area contributed by atoms with Gasteiger partial charge in [-0.2, -0.15) is 0 Å². The first-order chi connectivity index (χ1) is 13.7. The topological polar surface area (TPSA) is 64.3 Å². The van der Waals surface area contributed by atoms with Gasteiger partial charge in [0.15, 0.2) is 0 Å². The largest absolute Gasteiger partial charge is 0.444 e. The van der Waals surface area contributed by atoms with Gasteiger partial charge in [0, 0.05) is 15.0 Å². The smallest absolute Gasteiger partial charge is 0.408 e. The van der Waals surface area contributed by atoms with E-state index in [1.54, 1.807) is 0 Å². The summed E-state index contributed by atoms with van der Waals surface area (Å²) in [4.78, 5) is 11.8. The minimum atomic E-state index is -0.456. The third kappa shape index (κ3) is 5.62. The first-order valence-corrected chi connectivity index (χ1v) is 11.5. The lowest BCUT2D eigenvalue weighted by molar-refractivity contribution is 0.0503. The third-order valence-electron chi connectivity index (χ3n) is 5.16. The van der Waals surface area contributed by atoms with Crippen molar-refractivity contribution in [1.82, 2.24) is 5.32 Å². The molecule has 2 aliphatic rings. The molecular weight excluding hydrogens is 496 g/mol. The highest BCUT2D eigenvalue weighted by Gasteiger charge is 2.27. The van der Waals surface area contributed by atoms with Crippen LogP contribution >= 0.6 is 31.9 Å². The van der Waals surface area contributed by atoms with Gasteiger partial charge in [-0.05, 0) is 80.8 Å². The van der Waals surface area contributed by atoms with Gasteiger partial charge in [-0.25, -0.2) is 4.79 Å². The Hall–Kier alpha value is -1.37. The maximum Gasteiger partial charge on any atom is 0.408 e. The average Bonchev–Trinajstić information content (AvgIpc) is 3.20. The zero-order valence-electron chi connectivity index (χ0n) is 17.1. The van der Waals surface area contributed by atoms with E-state index < -0.39 is 5.60 Å². The fourth-order valence-corrected chi connectivity index (χ4v) is 5.01. The molecule has 29 heavy (non-hydrogen) atoms. The summed E-state index contributed by atoms with van der Waals surface area (Å²) in [5, 5.41) is 2.94. The lowest BCUT2D eigenvalue weighted by Crippen LogP contribution is -2.34. The molecule has 2 aromatic carbocycles. The van der Waals surface area contributed by atoms with Crippen molar-refractivity contribution >= 4 is 38.0 Å². The molecule has 0 unspecified atom stereocenters. The minimum Gasteiger partial charge on any atom is -0.444 e. The normalized spacial score (nSPS) is 19.7. The summed E-state index contributed by atoms with van der Waals surface area (Å²) in [6.45, 7) is 5.60. The highest BCUT2D eigenvalue weighted by Crippen LogP contribution is 2.36. The van der Waals surface area contributed by atoms with Gasteiger partial charge in [0.1, 0.15) is 5.60 Å². The monoisotopic (exact) mass is 522 g/mol. The van der Waals surface area contributed by atoms with Gasteiger partial charge in [0.2, 0.25) is 0 Å². The fraction of sp³-hybridized carbons (Fsp3) is 0.435. The summed E-state index contributed by atoms with van der Waals surface area (Å²) in [5.74, 6) is 0. The molecule has 4 rings (SSSR count). The molecule has 3 N–H and O–H groups in total. The lowest BCUT2D eigenvalue weighted by Gasteiger charge is -2.22. The summed E-state index contributed by atoms with van der Waals surface area (Å²) in [6.07, 6.45) is 3.78. The standard InChI is InChI=1S/C14H18BrNO2.C9H10BrN/c1-14(2,3)18-13(17)16-12-8-7-9-10(12)5-4-6-11(9)15;10-8-3-1-2-7-6(8)4-5-9(7)11/h4-6,12H,7-8H2,1-3H3,(H,16,17);1-3,9H,4-5,11H2/t12-;9-/m11/s1. The minimum absolute atomic E-state index is 0.0624. The van der Waals surface area contributed by atoms with Gasteiger partial charge >= 0.3 is 6.09 Å². The van der Waals surface area contributed by atoms with E-state index in [0.717, 1.165) is 30.2 Å². The summed E-state index contributed by atoms with van der Waals surface area (Å²) >= 11 is 7.07. The molecule has 0 saturated heterocycles. The number of halogens is 2. The predicted octanol–water partition coefficient (Wildman–Crippen LogP) is 6.36. The fourth-order valence-electron chi connectivity index (χ4n) is 3.85. The zero-order chi connectivity index (χ0) is 21.2. The maximum atomic E-state index is 11.8. The molecule has 6 heteroatoms. The molecule has 0 spiro atoms. The van der Waals surface area contributed by atoms with Crippen LogP contribution in [0.1, 0.15) is 68.0 Å². The van der Waals surface area contributed by atoms with Crippen molar-refractivity contribution in [1.29, 1.82) is 0 Å². The highest BCUT2D eigenvalue weighted by atomic mass is 79.9. The van der Waals surface area contributed by atoms with Crippen LogP contribution in [0.15, 0.2) is 45.3 Å². The number of amides is 1. The Bertz CT molecular complexity index is 893. The summed E-state index contributed by atoms with van der Waals surface area (Å²) in [7, 11) is 0. The van der Waals surface area contributed by atoms with Crippen LogP contribution in [-0.4, -0.2) is 11.7 Å². The van der Waals surface area contributed by atoms with Gasteiger partial charge in [-0.3, -0.25) is 0 Å². The Labute approximate surface area is 189 Å². The molecule has 0 aromatic heterocycles. The molecule has 156 valence electrons. The molecule has 0 radical (unpaired) electrons. The predicted molar refractivity (Wildman–Crippen MR) is 124 cm³/mol. The van der Waals surface area contributed by atoms with Crippen LogP contribution in [0.3, 0.4) is 0 Å². The van der Waals surface area contributed by atoms with E-state index in [1.807, 2.05) is 39.0 Å². The maximum absolute atomic E-state index is 11.8. The van der Waals surface area contributed by atoms with Gasteiger partial charge in [-0.1, -0.05) is 56.1 Å². The average molecular weight is 524 g/mol. The van der Waals surface area contributed by atoms with Crippen LogP contribution in [0.5, 0.6) is 0 Å². The Kier molecular flexibility index (Phi) is 7.07. The molecule has 1 amide bonds. The first kappa shape index (κ1) is 22.3. The number of hydrogen-bond acceptors (Lipinski definition) is 3. The second-order valence-electron chi connectivity index (χ2n) is 8.50. The van der Waals surface area contributed by atoms with E-state index in [0.29, 0.717) is 0 Å². The van der Waals surface area contributed by atoms with E-state index in [-0.39, 0.29) is 18.2 Å². The Morgan fingerprint density at radius 3 is 2.14 bits per heavy atom. The second-order valence-corrected chi connectivity index (χ2v) is 10.2. The second kappa shape index (κ2) is 9.19. The van der Waals surface area contributed by atoms with Crippen LogP contribution in [-0.2, 0) is 17.6 Å². The molecule has 0 aliphatic heterocycles. The molecular formula is C23H28Br2N2O2. The Morgan fingerprint density at radius 1 is 1.00 bits per heavy atom. The van der Waals surface area contributed by atoms with Crippen molar-refractivity contribution in [3.63, 3.8) is 0 Å². The van der Waals surface area contributed by atoms with Crippen LogP contribution in [0.25, 0.3) is 0 Å².